The van der Waals surface area contributed by atoms with Crippen molar-refractivity contribution in [2.24, 2.45) is 0 Å². The molecule has 0 aliphatic carbocycles. The van der Waals surface area contributed by atoms with E-state index in [1.165, 1.54) is 18.2 Å². The molecule has 0 N–H and O–H groups in total. The van der Waals surface area contributed by atoms with Gasteiger partial charge in [-0.2, -0.15) is 9.65 Å². The van der Waals surface area contributed by atoms with E-state index in [-0.39, 0.29) is 32.9 Å². The monoisotopic (exact) mass is 626 g/mol. The van der Waals surface area contributed by atoms with Crippen molar-refractivity contribution in [1.29, 1.82) is 5.26 Å². The predicted molar refractivity (Wildman–Crippen MR) is 145 cm³/mol. The standard InChI is InChI=1S/C29H18BrF3N2O4S/c1-17-7-9-20(10-8-17)40(36,37)35-12-11-21-25(30)29(27(33)26(32)28(21)35)39-24-13-19(15-34)22(31)14-23(24)38-16-18-5-3-2-4-6-18/h2-14H,16H2,1H3. The summed E-state index contributed by atoms with van der Waals surface area (Å²) in [4.78, 5) is -0.109. The van der Waals surface area contributed by atoms with Gasteiger partial charge in [0.1, 0.15) is 24.0 Å². The second kappa shape index (κ2) is 10.7. The lowest BCUT2D eigenvalue weighted by atomic mass is 10.2. The minimum Gasteiger partial charge on any atom is -0.485 e. The molecule has 11 heteroatoms. The van der Waals surface area contributed by atoms with E-state index in [1.807, 2.05) is 6.07 Å². The van der Waals surface area contributed by atoms with Crippen LogP contribution in [0.2, 0.25) is 0 Å². The number of nitriles is 1. The van der Waals surface area contributed by atoms with Crippen LogP contribution in [-0.4, -0.2) is 12.4 Å². The van der Waals surface area contributed by atoms with E-state index >= 15 is 8.78 Å². The van der Waals surface area contributed by atoms with E-state index in [9.17, 15) is 18.1 Å². The zero-order valence-electron chi connectivity index (χ0n) is 20.7. The third kappa shape index (κ3) is 4.92. The highest BCUT2D eigenvalue weighted by Crippen LogP contribution is 2.44. The van der Waals surface area contributed by atoms with Gasteiger partial charge in [-0.3, -0.25) is 0 Å². The first kappa shape index (κ1) is 27.3. The van der Waals surface area contributed by atoms with Gasteiger partial charge < -0.3 is 9.47 Å². The largest absolute Gasteiger partial charge is 0.485 e. The first-order chi connectivity index (χ1) is 19.1. The molecule has 1 heterocycles. The van der Waals surface area contributed by atoms with Gasteiger partial charge in [-0.25, -0.2) is 21.2 Å². The number of aryl methyl sites for hydroxylation is 1. The fourth-order valence-electron chi connectivity index (χ4n) is 4.00. The number of aromatic nitrogens is 1. The van der Waals surface area contributed by atoms with Crippen LogP contribution < -0.4 is 9.47 Å². The third-order valence-corrected chi connectivity index (χ3v) is 8.55. The number of hydrogen-bond acceptors (Lipinski definition) is 5. The molecular formula is C29H18BrF3N2O4S. The van der Waals surface area contributed by atoms with Crippen molar-refractivity contribution in [2.75, 3.05) is 0 Å². The highest BCUT2D eigenvalue weighted by atomic mass is 79.9. The Bertz CT molecular complexity index is 1900. The molecule has 4 aromatic carbocycles. The van der Waals surface area contributed by atoms with Crippen LogP contribution in [-0.2, 0) is 16.6 Å². The van der Waals surface area contributed by atoms with Gasteiger partial charge in [-0.05, 0) is 46.6 Å². The van der Waals surface area contributed by atoms with Gasteiger partial charge in [0.05, 0.1) is 14.9 Å². The Morgan fingerprint density at radius 2 is 1.65 bits per heavy atom. The minimum absolute atomic E-state index is 0.000686. The van der Waals surface area contributed by atoms with Crippen LogP contribution in [0.15, 0.2) is 88.4 Å². The summed E-state index contributed by atoms with van der Waals surface area (Å²) >= 11 is 3.20. The SMILES string of the molecule is Cc1ccc(S(=O)(=O)n2ccc3c(Br)c(Oc4cc(C#N)c(F)cc4OCc4ccccc4)c(F)c(F)c32)cc1. The van der Waals surface area contributed by atoms with E-state index in [0.29, 0.717) is 3.97 Å². The summed E-state index contributed by atoms with van der Waals surface area (Å²) in [5.41, 5.74) is 0.630. The predicted octanol–water partition coefficient (Wildman–Crippen LogP) is 7.61. The first-order valence-corrected chi connectivity index (χ1v) is 13.9. The topological polar surface area (TPSA) is 81.3 Å². The van der Waals surface area contributed by atoms with Crippen molar-refractivity contribution in [3.05, 3.63) is 118 Å². The summed E-state index contributed by atoms with van der Waals surface area (Å²) in [5, 5.41) is 9.30. The second-order valence-electron chi connectivity index (χ2n) is 8.73. The van der Waals surface area contributed by atoms with Crippen molar-refractivity contribution in [1.82, 2.24) is 3.97 Å². The zero-order chi connectivity index (χ0) is 28.6. The third-order valence-electron chi connectivity index (χ3n) is 6.07. The van der Waals surface area contributed by atoms with Crippen LogP contribution in [0.4, 0.5) is 13.2 Å². The lowest BCUT2D eigenvalue weighted by molar-refractivity contribution is 0.287. The maximum absolute atomic E-state index is 15.5. The summed E-state index contributed by atoms with van der Waals surface area (Å²) in [6.45, 7) is 1.78. The summed E-state index contributed by atoms with van der Waals surface area (Å²) in [7, 11) is -4.27. The van der Waals surface area contributed by atoms with Crippen molar-refractivity contribution >= 4 is 36.9 Å². The molecule has 0 aliphatic heterocycles. The normalized spacial score (nSPS) is 11.4. The summed E-state index contributed by atoms with van der Waals surface area (Å²) < 4.78 is 83.9. The van der Waals surface area contributed by atoms with E-state index in [2.05, 4.69) is 15.9 Å². The Hall–Kier alpha value is -4.27. The number of ether oxygens (including phenoxy) is 2. The molecule has 5 rings (SSSR count). The van der Waals surface area contributed by atoms with Crippen LogP contribution in [0.25, 0.3) is 10.9 Å². The lowest BCUT2D eigenvalue weighted by Gasteiger charge is -2.16. The van der Waals surface area contributed by atoms with Gasteiger partial charge >= 0.3 is 0 Å². The van der Waals surface area contributed by atoms with Crippen molar-refractivity contribution in [3.63, 3.8) is 0 Å². The Morgan fingerprint density at radius 3 is 2.33 bits per heavy atom. The van der Waals surface area contributed by atoms with Crippen LogP contribution >= 0.6 is 15.9 Å². The van der Waals surface area contributed by atoms with E-state index in [4.69, 9.17) is 9.47 Å². The lowest BCUT2D eigenvalue weighted by Crippen LogP contribution is -2.13. The molecule has 5 aromatic rings. The number of hydrogen-bond donors (Lipinski definition) is 0. The molecule has 6 nitrogen and oxygen atoms in total. The molecule has 0 aliphatic rings. The van der Waals surface area contributed by atoms with E-state index < -0.39 is 44.3 Å². The Kier molecular flexibility index (Phi) is 7.31. The molecule has 0 bridgehead atoms. The van der Waals surface area contributed by atoms with Gasteiger partial charge in [0.15, 0.2) is 23.1 Å². The average molecular weight is 627 g/mol. The number of fused-ring (bicyclic) bond motifs is 1. The molecule has 0 atom stereocenters. The van der Waals surface area contributed by atoms with Crippen LogP contribution in [0.5, 0.6) is 17.2 Å². The molecule has 0 radical (unpaired) electrons. The van der Waals surface area contributed by atoms with Crippen LogP contribution in [0, 0.1) is 35.7 Å². The van der Waals surface area contributed by atoms with Crippen LogP contribution in [0.1, 0.15) is 16.7 Å². The van der Waals surface area contributed by atoms with Crippen molar-refractivity contribution in [2.45, 2.75) is 18.4 Å². The highest BCUT2D eigenvalue weighted by Gasteiger charge is 2.28. The Morgan fingerprint density at radius 1 is 0.950 bits per heavy atom. The first-order valence-electron chi connectivity index (χ1n) is 11.7. The van der Waals surface area contributed by atoms with E-state index in [0.717, 1.165) is 29.5 Å². The zero-order valence-corrected chi connectivity index (χ0v) is 23.1. The van der Waals surface area contributed by atoms with Crippen LogP contribution in [0.3, 0.4) is 0 Å². The maximum Gasteiger partial charge on any atom is 0.268 e. The van der Waals surface area contributed by atoms with Gasteiger partial charge in [-0.1, -0.05) is 48.0 Å². The number of nitrogens with zero attached hydrogens (tertiary/aromatic N) is 2. The Labute approximate surface area is 236 Å². The van der Waals surface area contributed by atoms with Gasteiger partial charge in [0, 0.05) is 23.7 Å². The Balaban J connectivity index is 1.59. The molecule has 0 amide bonds. The molecule has 0 spiro atoms. The molecule has 0 saturated heterocycles. The molecule has 0 unspecified atom stereocenters. The smallest absolute Gasteiger partial charge is 0.268 e. The fraction of sp³-hybridized carbons (Fsp3) is 0.0690. The highest BCUT2D eigenvalue weighted by molar-refractivity contribution is 9.10. The quantitative estimate of drug-likeness (QED) is 0.174. The summed E-state index contributed by atoms with van der Waals surface area (Å²) in [6, 6.07) is 19.7. The molecule has 0 saturated carbocycles. The summed E-state index contributed by atoms with van der Waals surface area (Å²) in [6.07, 6.45) is 1.11. The second-order valence-corrected chi connectivity index (χ2v) is 11.3. The number of halogens is 4. The molecule has 1 aromatic heterocycles. The van der Waals surface area contributed by atoms with Gasteiger partial charge in [0.2, 0.25) is 5.82 Å². The molecule has 40 heavy (non-hydrogen) atoms. The summed E-state index contributed by atoms with van der Waals surface area (Å²) in [5.74, 6) is -4.93. The number of benzene rings is 4. The van der Waals surface area contributed by atoms with E-state index in [1.54, 1.807) is 49.4 Å². The van der Waals surface area contributed by atoms with Gasteiger partial charge in [0.25, 0.3) is 10.0 Å². The molecular weight excluding hydrogens is 609 g/mol. The van der Waals surface area contributed by atoms with Gasteiger partial charge in [-0.15, -0.1) is 0 Å². The van der Waals surface area contributed by atoms with Crippen molar-refractivity contribution in [3.8, 4) is 23.3 Å². The minimum atomic E-state index is -4.27. The average Bonchev–Trinajstić information content (AvgIpc) is 3.41. The number of rotatable bonds is 7. The van der Waals surface area contributed by atoms with Crippen molar-refractivity contribution < 1.29 is 31.1 Å². The maximum atomic E-state index is 15.5. The molecule has 202 valence electrons. The molecule has 0 fully saturated rings. The fourth-order valence-corrected chi connectivity index (χ4v) is 5.92.